The normalized spacial score (nSPS) is 14.1. The second-order valence-corrected chi connectivity index (χ2v) is 17.8. The molecule has 8 nitrogen and oxygen atoms in total. The van der Waals surface area contributed by atoms with E-state index < -0.39 is 40.0 Å². The summed E-state index contributed by atoms with van der Waals surface area (Å²) in [5, 5.41) is 66.0. The Morgan fingerprint density at radius 2 is 0.861 bits per heavy atom. The molecule has 0 saturated carbocycles. The first-order chi connectivity index (χ1) is 34.9. The van der Waals surface area contributed by atoms with Crippen molar-refractivity contribution in [2.24, 2.45) is 5.92 Å². The highest BCUT2D eigenvalue weighted by Crippen LogP contribution is 2.47. The predicted molar refractivity (Wildman–Crippen MR) is 295 cm³/mol. The highest BCUT2D eigenvalue weighted by atomic mass is 16.3. The second kappa shape index (κ2) is 19.6. The van der Waals surface area contributed by atoms with E-state index in [9.17, 15) is 30.6 Å². The fourth-order valence-corrected chi connectivity index (χ4v) is 9.50. The van der Waals surface area contributed by atoms with Crippen LogP contribution in [0.1, 0.15) is 19.3 Å². The Morgan fingerprint density at radius 1 is 0.417 bits per heavy atom. The van der Waals surface area contributed by atoms with Crippen molar-refractivity contribution in [2.75, 3.05) is 9.80 Å². The van der Waals surface area contributed by atoms with Gasteiger partial charge in [0.05, 0.1) is 5.69 Å². The molecule has 0 saturated heterocycles. The van der Waals surface area contributed by atoms with Gasteiger partial charge in [0.1, 0.15) is 48.6 Å². The molecule has 0 amide bonds. The molecule has 8 radical (unpaired) electrons. The predicted octanol–water partition coefficient (Wildman–Crippen LogP) is 10.1. The van der Waals surface area contributed by atoms with Crippen LogP contribution in [0, 0.1) is 5.92 Å². The molecule has 0 heterocycles. The lowest BCUT2D eigenvalue weighted by Crippen LogP contribution is -2.29. The lowest BCUT2D eigenvalue weighted by Gasteiger charge is -2.31. The Morgan fingerprint density at radius 3 is 1.38 bits per heavy atom. The monoisotopic (exact) mass is 932 g/mol. The van der Waals surface area contributed by atoms with Gasteiger partial charge < -0.3 is 40.4 Å². The maximum atomic E-state index is 11.3. The molecule has 0 fully saturated rings. The summed E-state index contributed by atoms with van der Waals surface area (Å²) < 4.78 is 0. The third-order valence-electron chi connectivity index (χ3n) is 13.5. The molecule has 1 unspecified atom stereocenters. The molecule has 10 rings (SSSR count). The molecule has 2 aliphatic rings. The first-order valence-electron chi connectivity index (χ1n) is 23.4. The number of hydrogen-bond donors (Lipinski definition) is 6. The van der Waals surface area contributed by atoms with Crippen LogP contribution in [0.2, 0.25) is 0 Å². The van der Waals surface area contributed by atoms with E-state index in [4.69, 9.17) is 31.4 Å². The van der Waals surface area contributed by atoms with E-state index in [2.05, 4.69) is 54.6 Å². The third kappa shape index (κ3) is 8.81. The lowest BCUT2D eigenvalue weighted by molar-refractivity contribution is 0.402. The van der Waals surface area contributed by atoms with E-state index in [0.29, 0.717) is 29.2 Å². The summed E-state index contributed by atoms with van der Waals surface area (Å²) in [4.78, 5) is 3.36. The summed E-state index contributed by atoms with van der Waals surface area (Å²) in [5.41, 5.74) is 10.3. The van der Waals surface area contributed by atoms with Crippen LogP contribution in [-0.2, 0) is 0 Å². The summed E-state index contributed by atoms with van der Waals surface area (Å²) in [7, 11) is 24.6. The maximum absolute atomic E-state index is 11.3. The van der Waals surface area contributed by atoms with Gasteiger partial charge >= 0.3 is 0 Å². The van der Waals surface area contributed by atoms with Crippen molar-refractivity contribution in [3.8, 4) is 79.0 Å². The lowest BCUT2D eigenvalue weighted by atomic mass is 9.78. The number of phenols is 6. The third-order valence-corrected chi connectivity index (χ3v) is 13.5. The second-order valence-electron chi connectivity index (χ2n) is 17.8. The highest BCUT2D eigenvalue weighted by molar-refractivity contribution is 6.52. The first kappa shape index (κ1) is 47.1. The van der Waals surface area contributed by atoms with Crippen LogP contribution < -0.4 is 31.7 Å². The number of benzene rings is 8. The Bertz CT molecular complexity index is 3440. The van der Waals surface area contributed by atoms with Gasteiger partial charge in [-0.3, -0.25) is 0 Å². The van der Waals surface area contributed by atoms with Crippen LogP contribution in [0.4, 0.5) is 28.4 Å². The van der Waals surface area contributed by atoms with E-state index in [0.717, 1.165) is 57.3 Å². The standard InChI is InChI=1S/C60H44B4N2O6/c61-49-50(62)57(69)60(72)54(55(49)67)66(47-27-19-38(20-28-47)36-11-5-2-6-12-36)48-31-23-40(24-32-48)42-14-8-16-44(34-42)43-15-7-13-41(33-43)39-21-29-46(30-22-39)65(53-51(63)58(70)59(71)52(64)56(53)68)45-25-17-37(18-26-45)35-9-3-1-4-10-35/h1-5,7-11,13-19,21-34,38,67-72H,6,12,20H2. The van der Waals surface area contributed by atoms with Gasteiger partial charge in [0.15, 0.2) is 23.0 Å². The van der Waals surface area contributed by atoms with Gasteiger partial charge in [0, 0.05) is 28.7 Å². The fourth-order valence-electron chi connectivity index (χ4n) is 9.50. The Hall–Kier alpha value is -8.62. The summed E-state index contributed by atoms with van der Waals surface area (Å²) in [5.74, 6) is -3.27. The molecule has 72 heavy (non-hydrogen) atoms. The van der Waals surface area contributed by atoms with Gasteiger partial charge in [-0.15, -0.1) is 0 Å². The Labute approximate surface area is 423 Å². The Balaban J connectivity index is 0.944. The van der Waals surface area contributed by atoms with Crippen LogP contribution >= 0.6 is 0 Å². The average molecular weight is 932 g/mol. The summed E-state index contributed by atoms with van der Waals surface area (Å²) in [6, 6.07) is 49.4. The largest absolute Gasteiger partial charge is 0.506 e. The van der Waals surface area contributed by atoms with Gasteiger partial charge in [-0.1, -0.05) is 150 Å². The topological polar surface area (TPSA) is 128 Å². The molecule has 2 aliphatic carbocycles. The zero-order chi connectivity index (χ0) is 50.2. The first-order valence-corrected chi connectivity index (χ1v) is 23.4. The quantitative estimate of drug-likeness (QED) is 0.0430. The van der Waals surface area contributed by atoms with Crippen LogP contribution in [0.5, 0.6) is 34.5 Å². The SMILES string of the molecule is [B]c1c([B])c(O)c(N(C2=CCC(C3=CC=CCC3)C=C2)c2ccc(-c3cccc(-c4cccc(-c5ccc(N(c6ccc(-c7ccccc7)cc6)c6c([B])c(O)c(O)c([B])c6O)cc5)c4)c3)cc2)c(O)c1O. The van der Waals surface area contributed by atoms with E-state index in [1.54, 1.807) is 9.80 Å². The number of hydrogen-bond acceptors (Lipinski definition) is 8. The van der Waals surface area contributed by atoms with Gasteiger partial charge in [0.25, 0.3) is 0 Å². The van der Waals surface area contributed by atoms with Gasteiger partial charge in [0.2, 0.25) is 0 Å². The zero-order valence-electron chi connectivity index (χ0n) is 39.0. The van der Waals surface area contributed by atoms with Crippen molar-refractivity contribution < 1.29 is 30.6 Å². The molecule has 0 bridgehead atoms. The van der Waals surface area contributed by atoms with E-state index in [1.165, 1.54) is 5.57 Å². The molecular weight excluding hydrogens is 888 g/mol. The number of anilines is 5. The average Bonchev–Trinajstić information content (AvgIpc) is 3.44. The molecule has 6 N–H and O–H groups in total. The minimum absolute atomic E-state index is 0.0145. The number of nitrogens with zero attached hydrogens (tertiary/aromatic N) is 2. The van der Waals surface area contributed by atoms with Crippen molar-refractivity contribution in [1.82, 2.24) is 0 Å². The van der Waals surface area contributed by atoms with E-state index in [1.807, 2.05) is 133 Å². The number of allylic oxidation sites excluding steroid dienone is 7. The number of aromatic hydroxyl groups is 6. The molecule has 0 aliphatic heterocycles. The summed E-state index contributed by atoms with van der Waals surface area (Å²) >= 11 is 0. The number of rotatable bonds is 11. The van der Waals surface area contributed by atoms with Crippen molar-refractivity contribution in [2.45, 2.75) is 19.3 Å². The smallest absolute Gasteiger partial charge is 0.185 e. The minimum Gasteiger partial charge on any atom is -0.506 e. The molecule has 0 aromatic heterocycles. The van der Waals surface area contributed by atoms with Crippen molar-refractivity contribution in [1.29, 1.82) is 0 Å². The number of phenolic OH excluding ortho intramolecular Hbond substituents is 6. The molecule has 0 spiro atoms. The van der Waals surface area contributed by atoms with E-state index in [-0.39, 0.29) is 33.7 Å². The maximum Gasteiger partial charge on any atom is 0.185 e. The molecule has 1 atom stereocenters. The van der Waals surface area contributed by atoms with Crippen LogP contribution in [0.25, 0.3) is 44.5 Å². The van der Waals surface area contributed by atoms with Crippen LogP contribution in [-0.4, -0.2) is 62.0 Å². The summed E-state index contributed by atoms with van der Waals surface area (Å²) in [6.45, 7) is 0. The molecule has 12 heteroatoms. The molecule has 8 aromatic rings. The molecular formula is C60H44B4N2O6. The fraction of sp³-hybridized carbons (Fsp3) is 0.0667. The van der Waals surface area contributed by atoms with Gasteiger partial charge in [-0.05, 0) is 129 Å². The van der Waals surface area contributed by atoms with Crippen LogP contribution in [0.15, 0.2) is 199 Å². The van der Waals surface area contributed by atoms with Crippen molar-refractivity contribution in [3.05, 3.63) is 199 Å². The zero-order valence-corrected chi connectivity index (χ0v) is 39.0. The van der Waals surface area contributed by atoms with Crippen LogP contribution in [0.3, 0.4) is 0 Å². The van der Waals surface area contributed by atoms with Crippen molar-refractivity contribution in [3.63, 3.8) is 0 Å². The molecule has 8 aromatic carbocycles. The van der Waals surface area contributed by atoms with Crippen molar-refractivity contribution >= 4 is 81.7 Å². The van der Waals surface area contributed by atoms with Gasteiger partial charge in [-0.25, -0.2) is 0 Å². The summed E-state index contributed by atoms with van der Waals surface area (Å²) in [6.07, 6.45) is 15.2. The van der Waals surface area contributed by atoms with Gasteiger partial charge in [-0.2, -0.15) is 0 Å². The van der Waals surface area contributed by atoms with E-state index >= 15 is 0 Å². The Kier molecular flexibility index (Phi) is 12.8. The molecule has 342 valence electrons. The highest BCUT2D eigenvalue weighted by Gasteiger charge is 2.29. The minimum atomic E-state index is -0.702.